The average Bonchev–Trinajstić information content (AvgIpc) is 2.48. The molecule has 0 atom stereocenters. The van der Waals surface area contributed by atoms with E-state index in [1.54, 1.807) is 0 Å². The number of benzene rings is 1. The number of hydrogen-bond acceptors (Lipinski definition) is 3. The summed E-state index contributed by atoms with van der Waals surface area (Å²) in [4.78, 5) is 16.0. The van der Waals surface area contributed by atoms with Crippen molar-refractivity contribution in [2.75, 3.05) is 38.6 Å². The summed E-state index contributed by atoms with van der Waals surface area (Å²) >= 11 is 0. The van der Waals surface area contributed by atoms with E-state index in [-0.39, 0.29) is 5.91 Å². The van der Waals surface area contributed by atoms with Crippen LogP contribution in [-0.4, -0.2) is 44.5 Å². The van der Waals surface area contributed by atoms with Gasteiger partial charge in [0, 0.05) is 39.4 Å². The van der Waals surface area contributed by atoms with Gasteiger partial charge in [-0.2, -0.15) is 0 Å². The Kier molecular flexibility index (Phi) is 5.41. The molecular weight excluding hydrogens is 250 g/mol. The van der Waals surface area contributed by atoms with E-state index in [1.807, 2.05) is 19.0 Å². The summed E-state index contributed by atoms with van der Waals surface area (Å²) in [7, 11) is 4.06. The number of nitrogens with one attached hydrogen (secondary N) is 1. The van der Waals surface area contributed by atoms with Crippen LogP contribution in [0, 0.1) is 0 Å². The molecule has 0 aromatic heterocycles. The molecule has 0 saturated carbocycles. The van der Waals surface area contributed by atoms with Gasteiger partial charge in [-0.3, -0.25) is 4.79 Å². The number of likely N-dealkylation sites (tertiary alicyclic amines) is 1. The molecule has 4 heteroatoms. The number of piperidine rings is 1. The normalized spacial score (nSPS) is 15.2. The van der Waals surface area contributed by atoms with E-state index in [4.69, 9.17) is 0 Å². The molecule has 2 rings (SSSR count). The number of hydrogen-bond donors (Lipinski definition) is 1. The van der Waals surface area contributed by atoms with Gasteiger partial charge < -0.3 is 15.1 Å². The third kappa shape index (κ3) is 4.23. The van der Waals surface area contributed by atoms with Crippen LogP contribution in [0.5, 0.6) is 0 Å². The predicted molar refractivity (Wildman–Crippen MR) is 82.9 cm³/mol. The molecule has 1 aromatic rings. The number of carbonyl (C=O) groups is 1. The lowest BCUT2D eigenvalue weighted by Crippen LogP contribution is -2.40. The van der Waals surface area contributed by atoms with Crippen LogP contribution in [0.2, 0.25) is 0 Å². The Morgan fingerprint density at radius 2 is 1.80 bits per heavy atom. The Labute approximate surface area is 121 Å². The van der Waals surface area contributed by atoms with E-state index in [1.165, 1.54) is 17.7 Å². The van der Waals surface area contributed by atoms with Crippen molar-refractivity contribution in [3.05, 3.63) is 29.8 Å². The number of amides is 1. The zero-order valence-corrected chi connectivity index (χ0v) is 12.6. The zero-order valence-electron chi connectivity index (χ0n) is 12.6. The van der Waals surface area contributed by atoms with Crippen molar-refractivity contribution in [3.8, 4) is 0 Å². The van der Waals surface area contributed by atoms with Gasteiger partial charge in [-0.1, -0.05) is 12.1 Å². The first kappa shape index (κ1) is 14.9. The Bertz CT molecular complexity index is 422. The third-order valence-electron chi connectivity index (χ3n) is 3.77. The molecule has 1 heterocycles. The maximum atomic E-state index is 12.0. The monoisotopic (exact) mass is 275 g/mol. The van der Waals surface area contributed by atoms with Crippen molar-refractivity contribution in [3.63, 3.8) is 0 Å². The van der Waals surface area contributed by atoms with E-state index in [0.29, 0.717) is 6.54 Å². The summed E-state index contributed by atoms with van der Waals surface area (Å²) in [6.07, 6.45) is 3.56. The second-order valence-corrected chi connectivity index (χ2v) is 5.61. The van der Waals surface area contributed by atoms with Crippen LogP contribution in [0.4, 0.5) is 5.69 Å². The van der Waals surface area contributed by atoms with Gasteiger partial charge in [-0.15, -0.1) is 0 Å². The van der Waals surface area contributed by atoms with Gasteiger partial charge in [0.15, 0.2) is 0 Å². The van der Waals surface area contributed by atoms with Gasteiger partial charge in [0.25, 0.3) is 0 Å². The van der Waals surface area contributed by atoms with E-state index >= 15 is 0 Å². The van der Waals surface area contributed by atoms with E-state index in [0.717, 1.165) is 32.5 Å². The predicted octanol–water partition coefficient (Wildman–Crippen LogP) is 1.85. The Morgan fingerprint density at radius 1 is 1.15 bits per heavy atom. The number of rotatable bonds is 5. The fourth-order valence-electron chi connectivity index (χ4n) is 2.48. The SMILES string of the molecule is CN(C)c1ccc(CNCC(=O)N2CCCCC2)cc1. The summed E-state index contributed by atoms with van der Waals surface area (Å²) < 4.78 is 0. The minimum atomic E-state index is 0.231. The first-order valence-electron chi connectivity index (χ1n) is 7.41. The van der Waals surface area contributed by atoms with Crippen molar-refractivity contribution in [2.24, 2.45) is 0 Å². The van der Waals surface area contributed by atoms with Crippen molar-refractivity contribution in [1.82, 2.24) is 10.2 Å². The molecule has 1 aromatic carbocycles. The molecule has 1 aliphatic rings. The summed E-state index contributed by atoms with van der Waals surface area (Å²) in [5.41, 5.74) is 2.40. The van der Waals surface area contributed by atoms with Crippen LogP contribution in [-0.2, 0) is 11.3 Å². The van der Waals surface area contributed by atoms with Crippen LogP contribution in [0.15, 0.2) is 24.3 Å². The summed E-state index contributed by atoms with van der Waals surface area (Å²) in [6.45, 7) is 3.04. The van der Waals surface area contributed by atoms with Gasteiger partial charge in [-0.05, 0) is 37.0 Å². The van der Waals surface area contributed by atoms with Crippen LogP contribution in [0.25, 0.3) is 0 Å². The quantitative estimate of drug-likeness (QED) is 0.891. The molecule has 0 radical (unpaired) electrons. The first-order chi connectivity index (χ1) is 9.66. The third-order valence-corrected chi connectivity index (χ3v) is 3.77. The molecule has 0 aliphatic carbocycles. The van der Waals surface area contributed by atoms with Crippen molar-refractivity contribution in [2.45, 2.75) is 25.8 Å². The Balaban J connectivity index is 1.73. The molecule has 20 heavy (non-hydrogen) atoms. The van der Waals surface area contributed by atoms with Gasteiger partial charge in [0.05, 0.1) is 6.54 Å². The molecule has 1 N–H and O–H groups in total. The molecule has 1 aliphatic heterocycles. The summed E-state index contributed by atoms with van der Waals surface area (Å²) in [5.74, 6) is 0.231. The topological polar surface area (TPSA) is 35.6 Å². The van der Waals surface area contributed by atoms with Gasteiger partial charge in [0.1, 0.15) is 0 Å². The molecule has 0 unspecified atom stereocenters. The lowest BCUT2D eigenvalue weighted by molar-refractivity contribution is -0.131. The minimum Gasteiger partial charge on any atom is -0.378 e. The van der Waals surface area contributed by atoms with Crippen molar-refractivity contribution >= 4 is 11.6 Å². The number of anilines is 1. The summed E-state index contributed by atoms with van der Waals surface area (Å²) in [6, 6.07) is 8.41. The Morgan fingerprint density at radius 3 is 2.40 bits per heavy atom. The fraction of sp³-hybridized carbons (Fsp3) is 0.562. The van der Waals surface area contributed by atoms with Crippen LogP contribution in [0.3, 0.4) is 0 Å². The standard InChI is InChI=1S/C16H25N3O/c1-18(2)15-8-6-14(7-9-15)12-17-13-16(20)19-10-4-3-5-11-19/h6-9,17H,3-5,10-13H2,1-2H3. The Hall–Kier alpha value is -1.55. The smallest absolute Gasteiger partial charge is 0.236 e. The van der Waals surface area contributed by atoms with E-state index in [9.17, 15) is 4.79 Å². The highest BCUT2D eigenvalue weighted by molar-refractivity contribution is 5.78. The molecule has 1 saturated heterocycles. The molecule has 0 spiro atoms. The first-order valence-corrected chi connectivity index (χ1v) is 7.41. The lowest BCUT2D eigenvalue weighted by Gasteiger charge is -2.26. The van der Waals surface area contributed by atoms with Gasteiger partial charge in [-0.25, -0.2) is 0 Å². The van der Waals surface area contributed by atoms with Gasteiger partial charge in [0.2, 0.25) is 5.91 Å². The van der Waals surface area contributed by atoms with Crippen LogP contribution in [0.1, 0.15) is 24.8 Å². The molecule has 1 fully saturated rings. The molecule has 0 bridgehead atoms. The van der Waals surface area contributed by atoms with Crippen LogP contribution >= 0.6 is 0 Å². The van der Waals surface area contributed by atoms with Crippen molar-refractivity contribution < 1.29 is 4.79 Å². The van der Waals surface area contributed by atoms with E-state index < -0.39 is 0 Å². The molecular formula is C16H25N3O. The highest BCUT2D eigenvalue weighted by Gasteiger charge is 2.15. The number of nitrogens with zero attached hydrogens (tertiary/aromatic N) is 2. The zero-order chi connectivity index (χ0) is 14.4. The maximum Gasteiger partial charge on any atom is 0.236 e. The van der Waals surface area contributed by atoms with Crippen LogP contribution < -0.4 is 10.2 Å². The minimum absolute atomic E-state index is 0.231. The average molecular weight is 275 g/mol. The van der Waals surface area contributed by atoms with E-state index in [2.05, 4.69) is 34.5 Å². The highest BCUT2D eigenvalue weighted by Crippen LogP contribution is 2.12. The maximum absolute atomic E-state index is 12.0. The van der Waals surface area contributed by atoms with Gasteiger partial charge >= 0.3 is 0 Å². The fourth-order valence-corrected chi connectivity index (χ4v) is 2.48. The largest absolute Gasteiger partial charge is 0.378 e. The summed E-state index contributed by atoms with van der Waals surface area (Å²) in [5, 5.41) is 3.24. The highest BCUT2D eigenvalue weighted by atomic mass is 16.2. The second-order valence-electron chi connectivity index (χ2n) is 5.61. The molecule has 4 nitrogen and oxygen atoms in total. The molecule has 110 valence electrons. The second kappa shape index (κ2) is 7.29. The molecule has 1 amide bonds. The lowest BCUT2D eigenvalue weighted by atomic mass is 10.1. The number of carbonyl (C=O) groups excluding carboxylic acids is 1. The van der Waals surface area contributed by atoms with Crippen molar-refractivity contribution in [1.29, 1.82) is 0 Å².